The third kappa shape index (κ3) is 4.68. The van der Waals surface area contributed by atoms with Gasteiger partial charge in [0.15, 0.2) is 0 Å². The van der Waals surface area contributed by atoms with Gasteiger partial charge in [0.25, 0.3) is 5.91 Å². The minimum absolute atomic E-state index is 0.0754. The number of carbonyl (C=O) groups is 2. The average Bonchev–Trinajstić information content (AvgIpc) is 2.65. The molecule has 7 nitrogen and oxygen atoms in total. The Labute approximate surface area is 153 Å². The molecule has 0 unspecified atom stereocenters. The summed E-state index contributed by atoms with van der Waals surface area (Å²) in [6, 6.07) is 7.83. The van der Waals surface area contributed by atoms with Gasteiger partial charge in [-0.1, -0.05) is 12.1 Å². The van der Waals surface area contributed by atoms with Gasteiger partial charge in [0.2, 0.25) is 5.91 Å². The van der Waals surface area contributed by atoms with Crippen molar-refractivity contribution in [3.63, 3.8) is 0 Å². The topological polar surface area (TPSA) is 85.2 Å². The summed E-state index contributed by atoms with van der Waals surface area (Å²) in [5.74, 6) is 0.0944. The Morgan fingerprint density at radius 1 is 1.31 bits per heavy atom. The van der Waals surface area contributed by atoms with Gasteiger partial charge in [0, 0.05) is 38.7 Å². The van der Waals surface area contributed by atoms with Crippen LogP contribution < -0.4 is 5.32 Å². The maximum atomic E-state index is 12.4. The van der Waals surface area contributed by atoms with E-state index in [1.807, 2.05) is 18.2 Å². The number of nitrogens with zero attached hydrogens (tertiary/aromatic N) is 3. The fourth-order valence-electron chi connectivity index (χ4n) is 3.37. The fourth-order valence-corrected chi connectivity index (χ4v) is 3.37. The fraction of sp³-hybridized carbons (Fsp3) is 0.526. The number of rotatable bonds is 5. The van der Waals surface area contributed by atoms with Crippen LogP contribution in [0.2, 0.25) is 0 Å². The number of piperidine rings is 1. The summed E-state index contributed by atoms with van der Waals surface area (Å²) in [5.41, 5.74) is 2.26. The molecule has 0 saturated carbocycles. The first-order valence-corrected chi connectivity index (χ1v) is 9.12. The van der Waals surface area contributed by atoms with E-state index in [0.717, 1.165) is 43.7 Å². The van der Waals surface area contributed by atoms with Gasteiger partial charge < -0.3 is 10.4 Å². The van der Waals surface area contributed by atoms with Gasteiger partial charge in [-0.15, -0.1) is 0 Å². The molecule has 1 saturated heterocycles. The van der Waals surface area contributed by atoms with E-state index in [4.69, 9.17) is 0 Å². The van der Waals surface area contributed by atoms with E-state index in [0.29, 0.717) is 24.5 Å². The smallest absolute Gasteiger partial charge is 0.271 e. The number of hydrogen-bond donors (Lipinski definition) is 2. The van der Waals surface area contributed by atoms with Crippen LogP contribution in [-0.2, 0) is 16.1 Å². The molecule has 2 N–H and O–H groups in total. The van der Waals surface area contributed by atoms with Crippen LogP contribution in [0.1, 0.15) is 31.2 Å². The molecule has 0 aromatic heterocycles. The van der Waals surface area contributed by atoms with Gasteiger partial charge in [-0.3, -0.25) is 14.5 Å². The average molecular weight is 358 g/mol. The Hall–Kier alpha value is -2.25. The number of hydrogen-bond acceptors (Lipinski definition) is 5. The number of amides is 2. The number of anilines is 1. The monoisotopic (exact) mass is 358 g/mol. The van der Waals surface area contributed by atoms with Crippen molar-refractivity contribution in [2.24, 2.45) is 11.0 Å². The Kier molecular flexibility index (Phi) is 6.00. The first-order chi connectivity index (χ1) is 12.5. The molecule has 0 spiro atoms. The van der Waals surface area contributed by atoms with E-state index in [9.17, 15) is 14.7 Å². The van der Waals surface area contributed by atoms with Crippen molar-refractivity contribution in [3.05, 3.63) is 29.8 Å². The second-order valence-corrected chi connectivity index (χ2v) is 7.02. The minimum Gasteiger partial charge on any atom is -0.396 e. The maximum absolute atomic E-state index is 12.4. The van der Waals surface area contributed by atoms with Crippen LogP contribution >= 0.6 is 0 Å². The van der Waals surface area contributed by atoms with E-state index < -0.39 is 0 Å². The molecule has 140 valence electrons. The molecule has 0 aliphatic carbocycles. The first-order valence-electron chi connectivity index (χ1n) is 9.12. The summed E-state index contributed by atoms with van der Waals surface area (Å²) in [7, 11) is 1.56. The molecule has 1 fully saturated rings. The van der Waals surface area contributed by atoms with E-state index in [2.05, 4.69) is 21.4 Å². The van der Waals surface area contributed by atoms with Crippen molar-refractivity contribution < 1.29 is 14.7 Å². The van der Waals surface area contributed by atoms with Crippen molar-refractivity contribution in [3.8, 4) is 0 Å². The van der Waals surface area contributed by atoms with E-state index in [1.165, 1.54) is 5.01 Å². The SMILES string of the molecule is CN1N=C(C(=O)Nc2cccc(CN3CCC(CO)CC3)c2)CCC1=O. The molecule has 0 bridgehead atoms. The van der Waals surface area contributed by atoms with E-state index in [-0.39, 0.29) is 18.4 Å². The van der Waals surface area contributed by atoms with Gasteiger partial charge >= 0.3 is 0 Å². The van der Waals surface area contributed by atoms with E-state index >= 15 is 0 Å². The molecule has 3 rings (SSSR count). The third-order valence-electron chi connectivity index (χ3n) is 5.03. The summed E-state index contributed by atoms with van der Waals surface area (Å²) in [4.78, 5) is 26.2. The van der Waals surface area contributed by atoms with Gasteiger partial charge in [-0.25, -0.2) is 5.01 Å². The van der Waals surface area contributed by atoms with Crippen LogP contribution in [0, 0.1) is 5.92 Å². The highest BCUT2D eigenvalue weighted by atomic mass is 16.3. The van der Waals surface area contributed by atoms with Crippen LogP contribution in [-0.4, -0.2) is 59.3 Å². The summed E-state index contributed by atoms with van der Waals surface area (Å²) in [6.07, 6.45) is 2.74. The van der Waals surface area contributed by atoms with Crippen LogP contribution in [0.3, 0.4) is 0 Å². The molecular weight excluding hydrogens is 332 g/mol. The molecule has 1 aromatic rings. The summed E-state index contributed by atoms with van der Waals surface area (Å²) < 4.78 is 0. The van der Waals surface area contributed by atoms with Crippen molar-refractivity contribution >= 4 is 23.2 Å². The Morgan fingerprint density at radius 3 is 2.77 bits per heavy atom. The van der Waals surface area contributed by atoms with Crippen molar-refractivity contribution in [1.29, 1.82) is 0 Å². The first kappa shape index (κ1) is 18.5. The zero-order valence-electron chi connectivity index (χ0n) is 15.1. The third-order valence-corrected chi connectivity index (χ3v) is 5.03. The quantitative estimate of drug-likeness (QED) is 0.834. The minimum atomic E-state index is -0.259. The highest BCUT2D eigenvalue weighted by molar-refractivity contribution is 6.43. The lowest BCUT2D eigenvalue weighted by atomic mass is 9.97. The van der Waals surface area contributed by atoms with Gasteiger partial charge in [-0.05, 0) is 49.5 Å². The Morgan fingerprint density at radius 2 is 2.08 bits per heavy atom. The number of likely N-dealkylation sites (tertiary alicyclic amines) is 1. The molecule has 7 heteroatoms. The number of carbonyl (C=O) groups excluding carboxylic acids is 2. The Balaban J connectivity index is 1.58. The van der Waals surface area contributed by atoms with Crippen LogP contribution in [0.5, 0.6) is 0 Å². The van der Waals surface area contributed by atoms with Crippen molar-refractivity contribution in [2.75, 3.05) is 32.1 Å². The highest BCUT2D eigenvalue weighted by Gasteiger charge is 2.22. The standard InChI is InChI=1S/C19H26N4O3/c1-22-18(25)6-5-17(21-22)19(26)20-16-4-2-3-15(11-16)12-23-9-7-14(13-24)8-10-23/h2-4,11,14,24H,5-10,12-13H2,1H3,(H,20,26). The van der Waals surface area contributed by atoms with Gasteiger partial charge in [0.05, 0.1) is 0 Å². The summed E-state index contributed by atoms with van der Waals surface area (Å²) >= 11 is 0. The lowest BCUT2D eigenvalue weighted by molar-refractivity contribution is -0.130. The summed E-state index contributed by atoms with van der Waals surface area (Å²) in [6.45, 7) is 3.08. The molecular formula is C19H26N4O3. The Bertz CT molecular complexity index is 696. The molecule has 1 aromatic carbocycles. The molecule has 0 atom stereocenters. The zero-order valence-corrected chi connectivity index (χ0v) is 15.1. The molecule has 2 amide bonds. The molecule has 2 aliphatic rings. The maximum Gasteiger partial charge on any atom is 0.271 e. The predicted molar refractivity (Wildman–Crippen MR) is 99.6 cm³/mol. The number of hydrazone groups is 1. The number of aliphatic hydroxyl groups is 1. The second-order valence-electron chi connectivity index (χ2n) is 7.02. The van der Waals surface area contributed by atoms with Crippen molar-refractivity contribution in [2.45, 2.75) is 32.2 Å². The lowest BCUT2D eigenvalue weighted by Gasteiger charge is -2.31. The number of aliphatic hydroxyl groups excluding tert-OH is 1. The zero-order chi connectivity index (χ0) is 18.5. The molecule has 2 aliphatic heterocycles. The predicted octanol–water partition coefficient (Wildman–Crippen LogP) is 1.44. The van der Waals surface area contributed by atoms with E-state index in [1.54, 1.807) is 7.05 Å². The highest BCUT2D eigenvalue weighted by Crippen LogP contribution is 2.20. The lowest BCUT2D eigenvalue weighted by Crippen LogP contribution is -2.34. The van der Waals surface area contributed by atoms with Crippen molar-refractivity contribution in [1.82, 2.24) is 9.91 Å². The van der Waals surface area contributed by atoms with Crippen LogP contribution in [0.25, 0.3) is 0 Å². The summed E-state index contributed by atoms with van der Waals surface area (Å²) in [5, 5.41) is 17.4. The van der Waals surface area contributed by atoms with Crippen LogP contribution in [0.4, 0.5) is 5.69 Å². The largest absolute Gasteiger partial charge is 0.396 e. The number of benzene rings is 1. The van der Waals surface area contributed by atoms with Gasteiger partial charge in [-0.2, -0.15) is 5.10 Å². The molecule has 2 heterocycles. The molecule has 26 heavy (non-hydrogen) atoms. The van der Waals surface area contributed by atoms with Crippen LogP contribution in [0.15, 0.2) is 29.4 Å². The van der Waals surface area contributed by atoms with Gasteiger partial charge in [0.1, 0.15) is 5.71 Å². The molecule has 0 radical (unpaired) electrons. The normalized spacial score (nSPS) is 19.4. The number of nitrogens with one attached hydrogen (secondary N) is 1. The second kappa shape index (κ2) is 8.42.